The Hall–Kier alpha value is -1.56. The van der Waals surface area contributed by atoms with E-state index >= 15 is 0 Å². The summed E-state index contributed by atoms with van der Waals surface area (Å²) in [5.74, 6) is -1.10. The van der Waals surface area contributed by atoms with E-state index in [1.54, 1.807) is 27.7 Å². The summed E-state index contributed by atoms with van der Waals surface area (Å²) in [5, 5.41) is 15.0. The van der Waals surface area contributed by atoms with Crippen molar-refractivity contribution in [3.8, 4) is 0 Å². The van der Waals surface area contributed by atoms with E-state index in [4.69, 9.17) is 9.84 Å². The van der Waals surface area contributed by atoms with Crippen LogP contribution in [-0.4, -0.2) is 40.9 Å². The van der Waals surface area contributed by atoms with Crippen LogP contribution in [0.25, 0.3) is 0 Å². The fourth-order valence-electron chi connectivity index (χ4n) is 3.87. The first kappa shape index (κ1) is 25.5. The standard InChI is InChI=1S/C12H23N.C11H19NO4/c1-3-7-11(8-4-1)13-12-9-5-2-6-10-12;1-7(2)6-8(9(13)14)12-10(15)16-11(3,4)5/h11-13H,1-10H2;8H,1,6H2,2-5H3,(H,12,15)(H,13,14). The average Bonchev–Trinajstić information content (AvgIpc) is 2.61. The smallest absolute Gasteiger partial charge is 0.408 e. The third-order valence-electron chi connectivity index (χ3n) is 5.22. The topological polar surface area (TPSA) is 87.7 Å². The second kappa shape index (κ2) is 12.9. The lowest BCUT2D eigenvalue weighted by atomic mass is 9.91. The number of nitrogens with one attached hydrogen (secondary N) is 2. The van der Waals surface area contributed by atoms with Gasteiger partial charge in [0.25, 0.3) is 0 Å². The van der Waals surface area contributed by atoms with Gasteiger partial charge in [0.05, 0.1) is 0 Å². The van der Waals surface area contributed by atoms with Gasteiger partial charge >= 0.3 is 12.1 Å². The number of carboxylic acids is 1. The first-order valence-corrected chi connectivity index (χ1v) is 11.2. The molecule has 0 aromatic carbocycles. The van der Waals surface area contributed by atoms with Gasteiger partial charge in [-0.05, 0) is 59.8 Å². The zero-order valence-corrected chi connectivity index (χ0v) is 18.9. The number of hydrogen-bond donors (Lipinski definition) is 3. The molecule has 29 heavy (non-hydrogen) atoms. The number of hydrogen-bond acceptors (Lipinski definition) is 4. The predicted molar refractivity (Wildman–Crippen MR) is 117 cm³/mol. The first-order chi connectivity index (χ1) is 13.6. The second-order valence-electron chi connectivity index (χ2n) is 9.53. The molecule has 6 nitrogen and oxygen atoms in total. The van der Waals surface area contributed by atoms with Crippen molar-refractivity contribution >= 4 is 12.1 Å². The molecule has 6 heteroatoms. The highest BCUT2D eigenvalue weighted by atomic mass is 16.6. The largest absolute Gasteiger partial charge is 0.480 e. The summed E-state index contributed by atoms with van der Waals surface area (Å²) >= 11 is 0. The van der Waals surface area contributed by atoms with Gasteiger partial charge in [-0.1, -0.05) is 44.1 Å². The Morgan fingerprint density at radius 3 is 1.79 bits per heavy atom. The number of carbonyl (C=O) groups is 2. The van der Waals surface area contributed by atoms with Gasteiger partial charge in [-0.3, -0.25) is 0 Å². The van der Waals surface area contributed by atoms with Crippen LogP contribution >= 0.6 is 0 Å². The maximum absolute atomic E-state index is 11.3. The molecule has 2 rings (SSSR count). The van der Waals surface area contributed by atoms with E-state index in [9.17, 15) is 9.59 Å². The summed E-state index contributed by atoms with van der Waals surface area (Å²) in [5.41, 5.74) is 0.0413. The average molecular weight is 411 g/mol. The highest BCUT2D eigenvalue weighted by Gasteiger charge is 2.23. The van der Waals surface area contributed by atoms with Crippen LogP contribution < -0.4 is 10.6 Å². The molecule has 0 spiro atoms. The third-order valence-corrected chi connectivity index (χ3v) is 5.22. The number of amides is 1. The minimum absolute atomic E-state index is 0.189. The van der Waals surface area contributed by atoms with Crippen LogP contribution in [0.3, 0.4) is 0 Å². The Morgan fingerprint density at radius 2 is 1.45 bits per heavy atom. The SMILES string of the molecule is C1CCC(NC2CCCCC2)CC1.C=C(C)CC(NC(=O)OC(C)(C)C)C(=O)O. The lowest BCUT2D eigenvalue weighted by molar-refractivity contribution is -0.139. The predicted octanol–water partition coefficient (Wildman–Crippen LogP) is 5.17. The molecular weight excluding hydrogens is 368 g/mol. The van der Waals surface area contributed by atoms with Gasteiger partial charge in [-0.2, -0.15) is 0 Å². The van der Waals surface area contributed by atoms with Crippen molar-refractivity contribution in [3.63, 3.8) is 0 Å². The maximum Gasteiger partial charge on any atom is 0.408 e. The summed E-state index contributed by atoms with van der Waals surface area (Å²) in [7, 11) is 0. The van der Waals surface area contributed by atoms with Crippen molar-refractivity contribution in [1.82, 2.24) is 10.6 Å². The van der Waals surface area contributed by atoms with E-state index in [-0.39, 0.29) is 6.42 Å². The molecule has 2 aliphatic carbocycles. The van der Waals surface area contributed by atoms with Gasteiger partial charge in [0.15, 0.2) is 0 Å². The Bertz CT molecular complexity index is 499. The van der Waals surface area contributed by atoms with E-state index in [1.807, 2.05) is 0 Å². The molecule has 1 atom stereocenters. The molecular formula is C23H42N2O4. The highest BCUT2D eigenvalue weighted by Crippen LogP contribution is 2.22. The molecule has 2 saturated carbocycles. The number of aliphatic carboxylic acids is 1. The van der Waals surface area contributed by atoms with Crippen LogP contribution in [0.5, 0.6) is 0 Å². The van der Waals surface area contributed by atoms with Crippen LogP contribution in [0.15, 0.2) is 12.2 Å². The molecule has 0 aromatic heterocycles. The number of carboxylic acid groups (broad SMARTS) is 1. The fourth-order valence-corrected chi connectivity index (χ4v) is 3.87. The summed E-state index contributed by atoms with van der Waals surface area (Å²) in [6.45, 7) is 10.4. The van der Waals surface area contributed by atoms with Crippen LogP contribution in [0, 0.1) is 0 Å². The Kier molecular flexibility index (Phi) is 11.3. The van der Waals surface area contributed by atoms with Gasteiger partial charge < -0.3 is 20.5 Å². The first-order valence-electron chi connectivity index (χ1n) is 11.2. The number of carbonyl (C=O) groups excluding carboxylic acids is 1. The van der Waals surface area contributed by atoms with Gasteiger partial charge in [-0.15, -0.1) is 6.58 Å². The highest BCUT2D eigenvalue weighted by molar-refractivity contribution is 5.80. The minimum Gasteiger partial charge on any atom is -0.480 e. The summed E-state index contributed by atoms with van der Waals surface area (Å²) < 4.78 is 4.96. The molecule has 0 aliphatic heterocycles. The van der Waals surface area contributed by atoms with Gasteiger partial charge in [0, 0.05) is 12.1 Å². The van der Waals surface area contributed by atoms with Crippen molar-refractivity contribution < 1.29 is 19.4 Å². The molecule has 1 unspecified atom stereocenters. The maximum atomic E-state index is 11.3. The Balaban J connectivity index is 0.000000294. The molecule has 0 aromatic rings. The number of rotatable bonds is 6. The molecule has 168 valence electrons. The zero-order valence-electron chi connectivity index (χ0n) is 18.9. The van der Waals surface area contributed by atoms with E-state index in [2.05, 4.69) is 17.2 Å². The van der Waals surface area contributed by atoms with Crippen LogP contribution in [0.2, 0.25) is 0 Å². The third kappa shape index (κ3) is 12.6. The molecule has 0 heterocycles. The van der Waals surface area contributed by atoms with E-state index in [0.29, 0.717) is 5.57 Å². The fraction of sp³-hybridized carbons (Fsp3) is 0.826. The second-order valence-corrected chi connectivity index (χ2v) is 9.53. The lowest BCUT2D eigenvalue weighted by Gasteiger charge is -2.30. The van der Waals surface area contributed by atoms with Crippen molar-refractivity contribution in [2.24, 2.45) is 0 Å². The lowest BCUT2D eigenvalue weighted by Crippen LogP contribution is -2.43. The molecule has 2 aliphatic rings. The Labute approximate surface area is 176 Å². The molecule has 0 bridgehead atoms. The zero-order chi connectivity index (χ0) is 21.9. The summed E-state index contributed by atoms with van der Waals surface area (Å²) in [6.07, 6.45) is 14.0. The van der Waals surface area contributed by atoms with Crippen LogP contribution in [0.4, 0.5) is 4.79 Å². The van der Waals surface area contributed by atoms with Gasteiger partial charge in [-0.25, -0.2) is 9.59 Å². The van der Waals surface area contributed by atoms with E-state index in [0.717, 1.165) is 12.1 Å². The molecule has 0 saturated heterocycles. The molecule has 0 radical (unpaired) electrons. The Morgan fingerprint density at radius 1 is 1.00 bits per heavy atom. The molecule has 3 N–H and O–H groups in total. The van der Waals surface area contributed by atoms with E-state index in [1.165, 1.54) is 64.2 Å². The summed E-state index contributed by atoms with van der Waals surface area (Å²) in [4.78, 5) is 22.2. The quantitative estimate of drug-likeness (QED) is 0.526. The van der Waals surface area contributed by atoms with Gasteiger partial charge in [0.1, 0.15) is 11.6 Å². The van der Waals surface area contributed by atoms with Gasteiger partial charge in [0.2, 0.25) is 0 Å². The normalized spacial score (nSPS) is 19.4. The van der Waals surface area contributed by atoms with Crippen molar-refractivity contribution in [2.75, 3.05) is 0 Å². The monoisotopic (exact) mass is 410 g/mol. The minimum atomic E-state index is -1.10. The van der Waals surface area contributed by atoms with Crippen molar-refractivity contribution in [3.05, 3.63) is 12.2 Å². The van der Waals surface area contributed by atoms with Crippen molar-refractivity contribution in [2.45, 2.75) is 122 Å². The van der Waals surface area contributed by atoms with Crippen LogP contribution in [0.1, 0.15) is 98.3 Å². The molecule has 2 fully saturated rings. The van der Waals surface area contributed by atoms with Crippen LogP contribution in [-0.2, 0) is 9.53 Å². The number of alkyl carbamates (subject to hydrolysis) is 1. The van der Waals surface area contributed by atoms with E-state index < -0.39 is 23.7 Å². The number of ether oxygens (including phenoxy) is 1. The molecule has 1 amide bonds. The van der Waals surface area contributed by atoms with Crippen molar-refractivity contribution in [1.29, 1.82) is 0 Å². The summed E-state index contributed by atoms with van der Waals surface area (Å²) in [6, 6.07) is 0.751.